The van der Waals surface area contributed by atoms with Gasteiger partial charge in [0.25, 0.3) is 5.69 Å². The van der Waals surface area contributed by atoms with Crippen LogP contribution < -0.4 is 0 Å². The molecule has 0 saturated heterocycles. The lowest BCUT2D eigenvalue weighted by atomic mass is 9.76. The summed E-state index contributed by atoms with van der Waals surface area (Å²) in [6.07, 6.45) is 2.33. The Labute approximate surface area is 194 Å². The number of methoxy groups -OCH3 is 1. The van der Waals surface area contributed by atoms with Crippen LogP contribution in [-0.2, 0) is 20.7 Å². The largest absolute Gasteiger partial charge is 0.468 e. The summed E-state index contributed by atoms with van der Waals surface area (Å²) >= 11 is 0. The highest BCUT2D eigenvalue weighted by atomic mass is 16.6. The minimum atomic E-state index is -1.26. The number of carbonyl (C=O) groups is 2. The molecule has 7 nitrogen and oxygen atoms in total. The minimum Gasteiger partial charge on any atom is -0.468 e. The molecule has 0 fully saturated rings. The molecular weight excluding hydrogens is 422 g/mol. The Bertz CT molecular complexity index is 945. The third-order valence-electron chi connectivity index (χ3n) is 6.09. The predicted molar refractivity (Wildman–Crippen MR) is 126 cm³/mol. The molecule has 2 unspecified atom stereocenters. The number of aryl methyl sites for hydroxylation is 1. The second-order valence-electron chi connectivity index (χ2n) is 8.47. The van der Waals surface area contributed by atoms with Gasteiger partial charge in [0.05, 0.1) is 17.6 Å². The molecule has 2 aromatic rings. The van der Waals surface area contributed by atoms with Crippen LogP contribution in [0.2, 0.25) is 0 Å². The first-order chi connectivity index (χ1) is 15.7. The van der Waals surface area contributed by atoms with Crippen molar-refractivity contribution in [3.63, 3.8) is 0 Å². The molecule has 2 aromatic carbocycles. The van der Waals surface area contributed by atoms with Gasteiger partial charge in [0.2, 0.25) is 0 Å². The Morgan fingerprint density at radius 2 is 1.79 bits per heavy atom. The van der Waals surface area contributed by atoms with Crippen LogP contribution >= 0.6 is 0 Å². The number of nitro groups is 1. The third kappa shape index (κ3) is 7.22. The normalized spacial score (nSPS) is 14.7. The van der Waals surface area contributed by atoms with E-state index in [0.717, 1.165) is 5.56 Å². The van der Waals surface area contributed by atoms with Crippen molar-refractivity contribution >= 4 is 17.4 Å². The second-order valence-corrected chi connectivity index (χ2v) is 8.47. The SMILES string of the molecule is CCC[C@@](O)(CCc1ccccc1)CC(=O)C(C(=O)OC)C(CC)c1cccc([N+](=O)[O-])c1. The van der Waals surface area contributed by atoms with Crippen molar-refractivity contribution in [2.45, 2.75) is 63.9 Å². The molecule has 0 bridgehead atoms. The molecule has 0 aliphatic heterocycles. The fraction of sp³-hybridized carbons (Fsp3) is 0.462. The number of Topliss-reactive ketones (excluding diaryl/α,β-unsaturated/α-hetero) is 1. The molecule has 2 rings (SSSR count). The van der Waals surface area contributed by atoms with Gasteiger partial charge in [-0.05, 0) is 36.8 Å². The van der Waals surface area contributed by atoms with E-state index in [-0.39, 0.29) is 12.1 Å². The first-order valence-electron chi connectivity index (χ1n) is 11.4. The van der Waals surface area contributed by atoms with Crippen molar-refractivity contribution in [2.75, 3.05) is 7.11 Å². The van der Waals surface area contributed by atoms with Crippen LogP contribution in [0.3, 0.4) is 0 Å². The summed E-state index contributed by atoms with van der Waals surface area (Å²) in [6.45, 7) is 3.76. The zero-order valence-corrected chi connectivity index (χ0v) is 19.5. The molecule has 0 spiro atoms. The molecule has 3 atom stereocenters. The van der Waals surface area contributed by atoms with E-state index in [4.69, 9.17) is 4.74 Å². The summed E-state index contributed by atoms with van der Waals surface area (Å²) < 4.78 is 4.94. The van der Waals surface area contributed by atoms with Gasteiger partial charge in [-0.2, -0.15) is 0 Å². The summed E-state index contributed by atoms with van der Waals surface area (Å²) in [4.78, 5) is 36.9. The summed E-state index contributed by atoms with van der Waals surface area (Å²) in [6, 6.07) is 15.7. The Balaban J connectivity index is 2.31. The van der Waals surface area contributed by atoms with E-state index >= 15 is 0 Å². The van der Waals surface area contributed by atoms with E-state index in [9.17, 15) is 24.8 Å². The topological polar surface area (TPSA) is 107 Å². The molecule has 0 saturated carbocycles. The molecule has 0 aliphatic rings. The zero-order chi connectivity index (χ0) is 24.4. The van der Waals surface area contributed by atoms with Gasteiger partial charge in [0, 0.05) is 24.5 Å². The van der Waals surface area contributed by atoms with Crippen LogP contribution in [0.25, 0.3) is 0 Å². The lowest BCUT2D eigenvalue weighted by molar-refractivity contribution is -0.384. The van der Waals surface area contributed by atoms with Crippen LogP contribution in [-0.4, -0.2) is 34.5 Å². The van der Waals surface area contributed by atoms with Crippen molar-refractivity contribution in [1.29, 1.82) is 0 Å². The third-order valence-corrected chi connectivity index (χ3v) is 6.09. The first kappa shape index (κ1) is 26.2. The molecule has 178 valence electrons. The number of non-ortho nitro benzene ring substituents is 1. The molecule has 7 heteroatoms. The molecule has 33 heavy (non-hydrogen) atoms. The summed E-state index contributed by atoms with van der Waals surface area (Å²) in [7, 11) is 1.22. The molecule has 0 radical (unpaired) electrons. The van der Waals surface area contributed by atoms with Gasteiger partial charge < -0.3 is 9.84 Å². The summed E-state index contributed by atoms with van der Waals surface area (Å²) in [5, 5.41) is 22.5. The van der Waals surface area contributed by atoms with Crippen molar-refractivity contribution in [3.05, 3.63) is 75.8 Å². The lowest BCUT2D eigenvalue weighted by Gasteiger charge is -2.31. The first-order valence-corrected chi connectivity index (χ1v) is 11.4. The molecule has 0 aromatic heterocycles. The molecule has 1 N–H and O–H groups in total. The Kier molecular flexibility index (Phi) is 9.73. The number of esters is 1. The maximum absolute atomic E-state index is 13.4. The Morgan fingerprint density at radius 3 is 2.36 bits per heavy atom. The van der Waals surface area contributed by atoms with Gasteiger partial charge in [0.15, 0.2) is 5.78 Å². The molecular formula is C26H33NO6. The van der Waals surface area contributed by atoms with Crippen molar-refractivity contribution in [3.8, 4) is 0 Å². The van der Waals surface area contributed by atoms with Crippen LogP contribution in [0.15, 0.2) is 54.6 Å². The zero-order valence-electron chi connectivity index (χ0n) is 19.5. The number of nitrogens with zero attached hydrogens (tertiary/aromatic N) is 1. The van der Waals surface area contributed by atoms with E-state index in [1.807, 2.05) is 44.2 Å². The van der Waals surface area contributed by atoms with Crippen LogP contribution in [0.4, 0.5) is 5.69 Å². The van der Waals surface area contributed by atoms with E-state index < -0.39 is 34.1 Å². The Hall–Kier alpha value is -3.06. The summed E-state index contributed by atoms with van der Waals surface area (Å²) in [5.74, 6) is -2.85. The average Bonchev–Trinajstić information content (AvgIpc) is 2.81. The monoisotopic (exact) mass is 455 g/mol. The molecule has 0 heterocycles. The van der Waals surface area contributed by atoms with Gasteiger partial charge in [0.1, 0.15) is 5.92 Å². The van der Waals surface area contributed by atoms with E-state index in [1.165, 1.54) is 19.2 Å². The van der Waals surface area contributed by atoms with Crippen LogP contribution in [0, 0.1) is 16.0 Å². The van der Waals surface area contributed by atoms with Gasteiger partial charge >= 0.3 is 5.97 Å². The Morgan fingerprint density at radius 1 is 1.09 bits per heavy atom. The average molecular weight is 456 g/mol. The van der Waals surface area contributed by atoms with E-state index in [1.54, 1.807) is 12.1 Å². The maximum atomic E-state index is 13.4. The van der Waals surface area contributed by atoms with Crippen LogP contribution in [0.1, 0.15) is 63.0 Å². The number of rotatable bonds is 13. The highest BCUT2D eigenvalue weighted by molar-refractivity contribution is 6.00. The number of benzene rings is 2. The van der Waals surface area contributed by atoms with E-state index in [2.05, 4.69) is 0 Å². The minimum absolute atomic E-state index is 0.104. The lowest BCUT2D eigenvalue weighted by Crippen LogP contribution is -2.39. The fourth-order valence-electron chi connectivity index (χ4n) is 4.40. The molecule has 0 aliphatic carbocycles. The molecule has 0 amide bonds. The number of nitro benzene ring substituents is 1. The quantitative estimate of drug-likeness (QED) is 0.197. The number of aliphatic hydroxyl groups is 1. The summed E-state index contributed by atoms with van der Waals surface area (Å²) in [5.41, 5.74) is 0.229. The van der Waals surface area contributed by atoms with Gasteiger partial charge in [-0.1, -0.05) is 62.7 Å². The van der Waals surface area contributed by atoms with Crippen molar-refractivity contribution < 1.29 is 24.4 Å². The highest BCUT2D eigenvalue weighted by Crippen LogP contribution is 2.35. The standard InChI is InChI=1S/C26H33NO6/c1-4-15-26(30,16-14-19-10-7-6-8-11-19)18-23(28)24(25(29)33-3)22(5-2)20-12-9-13-21(17-20)27(31)32/h6-13,17,22,24,30H,4-5,14-16,18H2,1-3H3/t22?,24?,26-/m1/s1. The number of hydrogen-bond donors (Lipinski definition) is 1. The smallest absolute Gasteiger partial charge is 0.316 e. The van der Waals surface area contributed by atoms with Gasteiger partial charge in [-0.3, -0.25) is 19.7 Å². The van der Waals surface area contributed by atoms with Gasteiger partial charge in [-0.25, -0.2) is 0 Å². The maximum Gasteiger partial charge on any atom is 0.316 e. The number of carbonyl (C=O) groups excluding carboxylic acids is 2. The predicted octanol–water partition coefficient (Wildman–Crippen LogP) is 5.00. The number of ketones is 1. The number of ether oxygens (including phenoxy) is 1. The van der Waals surface area contributed by atoms with E-state index in [0.29, 0.717) is 37.7 Å². The van der Waals surface area contributed by atoms with Crippen molar-refractivity contribution in [1.82, 2.24) is 0 Å². The fourth-order valence-corrected chi connectivity index (χ4v) is 4.40. The second kappa shape index (κ2) is 12.3. The highest BCUT2D eigenvalue weighted by Gasteiger charge is 2.40. The van der Waals surface area contributed by atoms with Crippen molar-refractivity contribution in [2.24, 2.45) is 5.92 Å². The number of hydrogen-bond acceptors (Lipinski definition) is 6. The van der Waals surface area contributed by atoms with Crippen LogP contribution in [0.5, 0.6) is 0 Å². The van der Waals surface area contributed by atoms with Gasteiger partial charge in [-0.15, -0.1) is 0 Å².